The van der Waals surface area contributed by atoms with Crippen LogP contribution in [0.15, 0.2) is 40.9 Å². The van der Waals surface area contributed by atoms with Gasteiger partial charge in [-0.15, -0.1) is 0 Å². The van der Waals surface area contributed by atoms with E-state index in [4.69, 9.17) is 0 Å². The lowest BCUT2D eigenvalue weighted by molar-refractivity contribution is 1.43. The largest absolute Gasteiger partial charge is 0.0876 e. The van der Waals surface area contributed by atoms with Crippen LogP contribution in [0.5, 0.6) is 0 Å². The van der Waals surface area contributed by atoms with Gasteiger partial charge in [0.1, 0.15) is 0 Å². The van der Waals surface area contributed by atoms with Crippen molar-refractivity contribution in [1.82, 2.24) is 0 Å². The molecule has 0 heterocycles. The molecule has 2 heteroatoms. The lowest BCUT2D eigenvalue weighted by Gasteiger charge is -2.04. The minimum atomic E-state index is 0.887. The van der Waals surface area contributed by atoms with Crippen LogP contribution >= 0.6 is 31.9 Å². The number of halogens is 2. The van der Waals surface area contributed by atoms with E-state index in [0.29, 0.717) is 0 Å². The van der Waals surface area contributed by atoms with Gasteiger partial charge in [0.15, 0.2) is 0 Å². The summed E-state index contributed by atoms with van der Waals surface area (Å²) < 4.78 is 1.20. The molecular formula is C11H8Br2. The van der Waals surface area contributed by atoms with Gasteiger partial charge in [-0.25, -0.2) is 0 Å². The van der Waals surface area contributed by atoms with Crippen LogP contribution in [0.3, 0.4) is 0 Å². The van der Waals surface area contributed by atoms with E-state index in [2.05, 4.69) is 68.3 Å². The molecule has 0 atom stereocenters. The smallest absolute Gasteiger partial charge is 0.0294 e. The lowest BCUT2D eigenvalue weighted by Crippen LogP contribution is -1.81. The third kappa shape index (κ3) is 1.65. The second-order valence-corrected chi connectivity index (χ2v) is 4.25. The van der Waals surface area contributed by atoms with Gasteiger partial charge in [0.2, 0.25) is 0 Å². The molecule has 0 aliphatic rings. The Morgan fingerprint density at radius 3 is 2.54 bits per heavy atom. The highest BCUT2D eigenvalue weighted by molar-refractivity contribution is 9.11. The zero-order chi connectivity index (χ0) is 9.26. The van der Waals surface area contributed by atoms with E-state index in [1.54, 1.807) is 0 Å². The molecule has 0 aromatic heterocycles. The Kier molecular flexibility index (Phi) is 2.70. The number of benzene rings is 2. The average molecular weight is 300 g/mol. The van der Waals surface area contributed by atoms with Crippen LogP contribution in [0.25, 0.3) is 10.8 Å². The fraction of sp³-hybridized carbons (Fsp3) is 0.0909. The number of alkyl halides is 1. The van der Waals surface area contributed by atoms with E-state index in [0.717, 1.165) is 5.33 Å². The summed E-state index contributed by atoms with van der Waals surface area (Å²) in [6, 6.07) is 12.7. The van der Waals surface area contributed by atoms with Crippen LogP contribution in [0, 0.1) is 0 Å². The van der Waals surface area contributed by atoms with Gasteiger partial charge in [0.05, 0.1) is 0 Å². The molecule has 2 rings (SSSR count). The quantitative estimate of drug-likeness (QED) is 0.680. The van der Waals surface area contributed by atoms with Gasteiger partial charge in [0, 0.05) is 9.80 Å². The molecule has 2 aromatic carbocycles. The van der Waals surface area contributed by atoms with Gasteiger partial charge in [-0.3, -0.25) is 0 Å². The van der Waals surface area contributed by atoms with Crippen molar-refractivity contribution in [2.24, 2.45) is 0 Å². The van der Waals surface area contributed by atoms with Crippen molar-refractivity contribution in [3.05, 3.63) is 46.4 Å². The van der Waals surface area contributed by atoms with E-state index in [1.165, 1.54) is 20.8 Å². The predicted octanol–water partition coefficient (Wildman–Crippen LogP) is 4.50. The van der Waals surface area contributed by atoms with Gasteiger partial charge in [0.25, 0.3) is 0 Å². The Balaban J connectivity index is 2.79. The van der Waals surface area contributed by atoms with Crippen LogP contribution in [0.1, 0.15) is 5.56 Å². The van der Waals surface area contributed by atoms with Crippen molar-refractivity contribution in [3.8, 4) is 0 Å². The Morgan fingerprint density at radius 1 is 1.00 bits per heavy atom. The maximum atomic E-state index is 3.61. The molecule has 0 unspecified atom stereocenters. The van der Waals surface area contributed by atoms with Crippen LogP contribution in [-0.4, -0.2) is 0 Å². The second-order valence-electron chi connectivity index (χ2n) is 2.89. The highest BCUT2D eigenvalue weighted by Gasteiger charge is 2.02. The third-order valence-electron chi connectivity index (χ3n) is 2.09. The molecule has 0 saturated heterocycles. The minimum Gasteiger partial charge on any atom is -0.0876 e. The molecule has 66 valence electrons. The molecule has 0 spiro atoms. The molecule has 2 aromatic rings. The number of hydrogen-bond acceptors (Lipinski definition) is 0. The maximum absolute atomic E-state index is 3.61. The zero-order valence-electron chi connectivity index (χ0n) is 6.93. The number of hydrogen-bond donors (Lipinski definition) is 0. The van der Waals surface area contributed by atoms with E-state index >= 15 is 0 Å². The van der Waals surface area contributed by atoms with E-state index in [1.807, 2.05) is 0 Å². The van der Waals surface area contributed by atoms with Crippen molar-refractivity contribution in [3.63, 3.8) is 0 Å². The summed E-state index contributed by atoms with van der Waals surface area (Å²) in [5.41, 5.74) is 1.29. The Hall–Kier alpha value is -0.340. The molecule has 0 bridgehead atoms. The summed E-state index contributed by atoms with van der Waals surface area (Å²) in [4.78, 5) is 0. The first-order chi connectivity index (χ1) is 6.33. The van der Waals surface area contributed by atoms with E-state index < -0.39 is 0 Å². The number of rotatable bonds is 1. The van der Waals surface area contributed by atoms with Gasteiger partial charge in [-0.05, 0) is 32.3 Å². The first-order valence-electron chi connectivity index (χ1n) is 4.05. The van der Waals surface area contributed by atoms with Gasteiger partial charge >= 0.3 is 0 Å². The molecule has 0 aliphatic heterocycles. The Labute approximate surface area is 94.2 Å². The normalized spacial score (nSPS) is 10.6. The van der Waals surface area contributed by atoms with Crippen molar-refractivity contribution in [2.45, 2.75) is 5.33 Å². The van der Waals surface area contributed by atoms with Gasteiger partial charge in [-0.2, -0.15) is 0 Å². The highest BCUT2D eigenvalue weighted by atomic mass is 79.9. The number of fused-ring (bicyclic) bond motifs is 1. The summed E-state index contributed by atoms with van der Waals surface area (Å²) in [5.74, 6) is 0. The summed E-state index contributed by atoms with van der Waals surface area (Å²) >= 11 is 7.08. The van der Waals surface area contributed by atoms with E-state index in [-0.39, 0.29) is 0 Å². The fourth-order valence-corrected chi connectivity index (χ4v) is 2.86. The van der Waals surface area contributed by atoms with Crippen LogP contribution in [0.2, 0.25) is 0 Å². The van der Waals surface area contributed by atoms with Gasteiger partial charge in [-0.1, -0.05) is 52.3 Å². The standard InChI is InChI=1S/C11H8Br2/c12-7-9-6-5-8-3-1-2-4-10(8)11(9)13/h1-6H,7H2. The van der Waals surface area contributed by atoms with Crippen molar-refractivity contribution < 1.29 is 0 Å². The first kappa shape index (κ1) is 9.22. The molecule has 0 aliphatic carbocycles. The average Bonchev–Trinajstić information content (AvgIpc) is 2.19. The van der Waals surface area contributed by atoms with Crippen LogP contribution in [-0.2, 0) is 5.33 Å². The Bertz CT molecular complexity index is 435. The van der Waals surface area contributed by atoms with Crippen molar-refractivity contribution in [1.29, 1.82) is 0 Å². The van der Waals surface area contributed by atoms with Gasteiger partial charge < -0.3 is 0 Å². The lowest BCUT2D eigenvalue weighted by atomic mass is 10.1. The molecule has 0 saturated carbocycles. The SMILES string of the molecule is BrCc1ccc2ccccc2c1Br. The molecule has 0 amide bonds. The molecule has 0 radical (unpaired) electrons. The molecule has 0 fully saturated rings. The zero-order valence-corrected chi connectivity index (χ0v) is 10.1. The second kappa shape index (κ2) is 3.81. The minimum absolute atomic E-state index is 0.887. The third-order valence-corrected chi connectivity index (χ3v) is 3.63. The molecule has 13 heavy (non-hydrogen) atoms. The van der Waals surface area contributed by atoms with Crippen molar-refractivity contribution in [2.75, 3.05) is 0 Å². The summed E-state index contributed by atoms with van der Waals surface area (Å²) in [7, 11) is 0. The summed E-state index contributed by atoms with van der Waals surface area (Å²) in [5, 5.41) is 3.44. The molecular weight excluding hydrogens is 292 g/mol. The molecule has 0 nitrogen and oxygen atoms in total. The monoisotopic (exact) mass is 298 g/mol. The van der Waals surface area contributed by atoms with Crippen molar-refractivity contribution >= 4 is 42.6 Å². The van der Waals surface area contributed by atoms with Crippen LogP contribution < -0.4 is 0 Å². The van der Waals surface area contributed by atoms with E-state index in [9.17, 15) is 0 Å². The summed E-state index contributed by atoms with van der Waals surface area (Å²) in [6.07, 6.45) is 0. The maximum Gasteiger partial charge on any atom is 0.0294 e. The Morgan fingerprint density at radius 2 is 1.77 bits per heavy atom. The van der Waals surface area contributed by atoms with Crippen LogP contribution in [0.4, 0.5) is 0 Å². The highest BCUT2D eigenvalue weighted by Crippen LogP contribution is 2.28. The topological polar surface area (TPSA) is 0 Å². The summed E-state index contributed by atoms with van der Waals surface area (Å²) in [6.45, 7) is 0. The fourth-order valence-electron chi connectivity index (χ4n) is 1.38. The predicted molar refractivity (Wildman–Crippen MR) is 64.3 cm³/mol. The molecule has 0 N–H and O–H groups in total. The first-order valence-corrected chi connectivity index (χ1v) is 5.96.